The van der Waals surface area contributed by atoms with Crippen molar-refractivity contribution in [2.45, 2.75) is 4.90 Å². The Morgan fingerprint density at radius 2 is 2.00 bits per heavy atom. The molecule has 0 bridgehead atoms. The third-order valence-corrected chi connectivity index (χ3v) is 4.73. The predicted molar refractivity (Wildman–Crippen MR) is 74.9 cm³/mol. The summed E-state index contributed by atoms with van der Waals surface area (Å²) in [5, 5.41) is 9.03. The summed E-state index contributed by atoms with van der Waals surface area (Å²) in [5.74, 6) is 0. The molecule has 0 unspecified atom stereocenters. The summed E-state index contributed by atoms with van der Waals surface area (Å²) >= 11 is 0. The van der Waals surface area contributed by atoms with Gasteiger partial charge in [0.05, 0.1) is 0 Å². The van der Waals surface area contributed by atoms with Crippen LogP contribution in [0.4, 0.5) is 0 Å². The second kappa shape index (κ2) is 3.93. The zero-order valence-corrected chi connectivity index (χ0v) is 9.86. The van der Waals surface area contributed by atoms with Crippen LogP contribution in [0.5, 0.6) is 0 Å². The maximum Gasteiger partial charge on any atom is 0.272 e. The van der Waals surface area contributed by atoms with Gasteiger partial charge >= 0.3 is 0 Å². The first-order valence-corrected chi connectivity index (χ1v) is 6.39. The van der Waals surface area contributed by atoms with Crippen molar-refractivity contribution in [2.24, 2.45) is 0 Å². The lowest BCUT2D eigenvalue weighted by Crippen LogP contribution is -2.03. The quantitative estimate of drug-likeness (QED) is 0.581. The Morgan fingerprint density at radius 3 is 2.59 bits per heavy atom. The molecule has 0 saturated heterocycles. The summed E-state index contributed by atoms with van der Waals surface area (Å²) in [6, 6.07) is 1.79. The van der Waals surface area contributed by atoms with Crippen molar-refractivity contribution in [3.05, 3.63) is 42.0 Å². The summed E-state index contributed by atoms with van der Waals surface area (Å²) in [6.07, 6.45) is 8.81. The SMILES string of the molecule is C#CS(=C=C)(=C=C)c1c[nH]c2c(=O)[nH]ccc12. The lowest BCUT2D eigenvalue weighted by Gasteiger charge is -2.02. The fraction of sp³-hybridized carbons (Fsp3) is 0. The summed E-state index contributed by atoms with van der Waals surface area (Å²) in [4.78, 5) is 17.9. The number of terminal acetylenes is 1. The molecule has 2 N–H and O–H groups in total. The van der Waals surface area contributed by atoms with Gasteiger partial charge in [0, 0.05) is 22.7 Å². The molecule has 2 rings (SSSR count). The molecule has 2 aromatic rings. The Morgan fingerprint density at radius 1 is 1.29 bits per heavy atom. The monoisotopic (exact) mass is 242 g/mol. The zero-order valence-electron chi connectivity index (χ0n) is 9.04. The first kappa shape index (κ1) is 11.2. The highest BCUT2D eigenvalue weighted by Crippen LogP contribution is 2.36. The molecular formula is C13H10N2OS. The van der Waals surface area contributed by atoms with E-state index in [1.54, 1.807) is 18.5 Å². The van der Waals surface area contributed by atoms with Gasteiger partial charge in [0.15, 0.2) is 0 Å². The molecule has 84 valence electrons. The van der Waals surface area contributed by atoms with E-state index in [4.69, 9.17) is 6.42 Å². The van der Waals surface area contributed by atoms with Crippen LogP contribution in [-0.4, -0.2) is 20.0 Å². The van der Waals surface area contributed by atoms with Crippen molar-refractivity contribution >= 4 is 30.2 Å². The molecule has 0 atom stereocenters. The zero-order chi connectivity index (χ0) is 12.5. The molecule has 0 aliphatic heterocycles. The number of aromatic amines is 2. The Balaban J connectivity index is 3.09. The van der Waals surface area contributed by atoms with Gasteiger partial charge < -0.3 is 9.97 Å². The van der Waals surface area contributed by atoms with Gasteiger partial charge in [-0.15, -0.1) is 6.42 Å². The van der Waals surface area contributed by atoms with Crippen molar-refractivity contribution in [1.29, 1.82) is 0 Å². The minimum absolute atomic E-state index is 0.188. The third-order valence-electron chi connectivity index (χ3n) is 2.51. The van der Waals surface area contributed by atoms with E-state index in [1.807, 2.05) is 0 Å². The molecule has 0 saturated carbocycles. The van der Waals surface area contributed by atoms with E-state index in [9.17, 15) is 4.79 Å². The van der Waals surface area contributed by atoms with Crippen LogP contribution in [0.1, 0.15) is 0 Å². The molecule has 0 aliphatic rings. The van der Waals surface area contributed by atoms with Crippen LogP contribution in [0, 0.1) is 11.7 Å². The fourth-order valence-corrected chi connectivity index (χ4v) is 3.09. The normalized spacial score (nSPS) is 10.5. The number of fused-ring (bicyclic) bond motifs is 1. The molecular weight excluding hydrogens is 232 g/mol. The predicted octanol–water partition coefficient (Wildman–Crippen LogP) is 1.78. The van der Waals surface area contributed by atoms with Crippen LogP contribution in [0.3, 0.4) is 0 Å². The minimum Gasteiger partial charge on any atom is -0.356 e. The Labute approximate surface area is 99.0 Å². The summed E-state index contributed by atoms with van der Waals surface area (Å²) < 4.78 is 0. The van der Waals surface area contributed by atoms with Crippen LogP contribution < -0.4 is 5.56 Å². The Hall–Kier alpha value is -2.30. The van der Waals surface area contributed by atoms with Gasteiger partial charge in [0.2, 0.25) is 0 Å². The number of hydrogen-bond acceptors (Lipinski definition) is 1. The number of H-pyrrole nitrogens is 2. The van der Waals surface area contributed by atoms with Crippen LogP contribution in [0.25, 0.3) is 10.9 Å². The van der Waals surface area contributed by atoms with E-state index >= 15 is 0 Å². The number of hydrogen-bond donors (Lipinski definition) is 2. The molecule has 0 aliphatic carbocycles. The van der Waals surface area contributed by atoms with Crippen LogP contribution in [-0.2, 0) is 0 Å². The van der Waals surface area contributed by atoms with Crippen LogP contribution >= 0.6 is 9.21 Å². The lowest BCUT2D eigenvalue weighted by molar-refractivity contribution is 1.26. The van der Waals surface area contributed by atoms with Gasteiger partial charge in [-0.2, -0.15) is 0 Å². The second-order valence-electron chi connectivity index (χ2n) is 3.27. The fourth-order valence-electron chi connectivity index (χ4n) is 1.65. The topological polar surface area (TPSA) is 48.6 Å². The van der Waals surface area contributed by atoms with Gasteiger partial charge in [0.25, 0.3) is 5.56 Å². The molecule has 2 aromatic heterocycles. The number of nitrogens with one attached hydrogen (secondary N) is 2. The first-order valence-electron chi connectivity index (χ1n) is 4.75. The molecule has 0 radical (unpaired) electrons. The first-order chi connectivity index (χ1) is 8.18. The molecule has 0 spiro atoms. The van der Waals surface area contributed by atoms with Crippen molar-refractivity contribution in [2.75, 3.05) is 0 Å². The molecule has 17 heavy (non-hydrogen) atoms. The summed E-state index contributed by atoms with van der Waals surface area (Å²) in [7, 11) is -1.97. The molecule has 3 nitrogen and oxygen atoms in total. The van der Waals surface area contributed by atoms with Gasteiger partial charge in [-0.05, 0) is 33.7 Å². The van der Waals surface area contributed by atoms with Crippen molar-refractivity contribution in [3.8, 4) is 11.7 Å². The van der Waals surface area contributed by atoms with Crippen molar-refractivity contribution in [3.63, 3.8) is 0 Å². The largest absolute Gasteiger partial charge is 0.356 e. The number of pyridine rings is 1. The average Bonchev–Trinajstić information content (AvgIpc) is 2.79. The molecule has 0 aromatic carbocycles. The molecule has 4 heteroatoms. The summed E-state index contributed by atoms with van der Waals surface area (Å²) in [6.45, 7) is 7.25. The van der Waals surface area contributed by atoms with E-state index < -0.39 is 9.21 Å². The highest BCUT2D eigenvalue weighted by molar-refractivity contribution is 8.32. The highest BCUT2D eigenvalue weighted by Gasteiger charge is 2.11. The number of rotatable bonds is 1. The molecule has 0 fully saturated rings. The molecule has 0 amide bonds. The second-order valence-corrected chi connectivity index (χ2v) is 5.74. The highest BCUT2D eigenvalue weighted by atomic mass is 32.2. The average molecular weight is 242 g/mol. The Bertz CT molecular complexity index is 837. The minimum atomic E-state index is -1.97. The summed E-state index contributed by atoms with van der Waals surface area (Å²) in [5.41, 5.74) is 0.298. The van der Waals surface area contributed by atoms with Gasteiger partial charge in [0.1, 0.15) is 5.52 Å². The van der Waals surface area contributed by atoms with Crippen molar-refractivity contribution < 1.29 is 0 Å². The lowest BCUT2D eigenvalue weighted by atomic mass is 10.3. The van der Waals surface area contributed by atoms with E-state index in [2.05, 4.69) is 38.4 Å². The smallest absolute Gasteiger partial charge is 0.272 e. The van der Waals surface area contributed by atoms with Gasteiger partial charge in [-0.1, -0.05) is 10.0 Å². The van der Waals surface area contributed by atoms with Crippen LogP contribution in [0.2, 0.25) is 0 Å². The maximum absolute atomic E-state index is 11.6. The molecule has 2 heterocycles. The van der Waals surface area contributed by atoms with E-state index in [0.29, 0.717) is 5.52 Å². The van der Waals surface area contributed by atoms with Crippen molar-refractivity contribution in [1.82, 2.24) is 9.97 Å². The van der Waals surface area contributed by atoms with Gasteiger partial charge in [-0.3, -0.25) is 4.79 Å². The Kier molecular flexibility index (Phi) is 2.59. The van der Waals surface area contributed by atoms with Crippen LogP contribution in [0.15, 0.2) is 41.3 Å². The maximum atomic E-state index is 11.6. The van der Waals surface area contributed by atoms with Gasteiger partial charge in [-0.25, -0.2) is 0 Å². The standard InChI is InChI=1S/C13H10N2OS/c1-4-17(5-2,6-3)11-9-15-12-10(11)7-8-14-13(12)16/h1,7-9,15H,2-3H2,(H,14,16). The van der Waals surface area contributed by atoms with E-state index in [-0.39, 0.29) is 5.56 Å². The third kappa shape index (κ3) is 1.47. The number of aromatic nitrogens is 2. The van der Waals surface area contributed by atoms with E-state index in [0.717, 1.165) is 10.3 Å². The van der Waals surface area contributed by atoms with E-state index in [1.165, 1.54) is 0 Å².